The van der Waals surface area contributed by atoms with Gasteiger partial charge in [0, 0.05) is 5.02 Å². The van der Waals surface area contributed by atoms with Gasteiger partial charge in [-0.1, -0.05) is 54.1 Å². The van der Waals surface area contributed by atoms with Crippen LogP contribution in [0.4, 0.5) is 0 Å². The molecule has 2 aromatic carbocycles. The summed E-state index contributed by atoms with van der Waals surface area (Å²) in [6.45, 7) is 1.95. The van der Waals surface area contributed by atoms with Gasteiger partial charge in [-0.3, -0.25) is 14.9 Å². The Morgan fingerprint density at radius 3 is 2.62 bits per heavy atom. The van der Waals surface area contributed by atoms with Gasteiger partial charge in [-0.15, -0.1) is 0 Å². The van der Waals surface area contributed by atoms with Crippen molar-refractivity contribution in [3.63, 3.8) is 0 Å². The molecule has 1 heterocycles. The van der Waals surface area contributed by atoms with Crippen molar-refractivity contribution in [3.8, 4) is 0 Å². The summed E-state index contributed by atoms with van der Waals surface area (Å²) < 4.78 is 5.22. The molecule has 136 valence electrons. The van der Waals surface area contributed by atoms with Crippen molar-refractivity contribution in [2.24, 2.45) is 0 Å². The highest BCUT2D eigenvalue weighted by Crippen LogP contribution is 2.15. The zero-order valence-electron chi connectivity index (χ0n) is 14.4. The molecule has 5 nitrogen and oxygen atoms in total. The molecule has 1 fully saturated rings. The van der Waals surface area contributed by atoms with Crippen LogP contribution in [0.15, 0.2) is 54.6 Å². The highest BCUT2D eigenvalue weighted by Gasteiger charge is 2.34. The molecule has 0 aromatic heterocycles. The Hall–Kier alpha value is -2.37. The maximum absolute atomic E-state index is 12.5. The molecule has 1 aliphatic heterocycles. The number of carbonyl (C=O) groups excluding carboxylic acids is 2. The zero-order chi connectivity index (χ0) is 18.5. The standard InChI is InChI=1S/C20H21ClN2O3/c1-13(15-5-3-2-4-6-15)22-19(24)18-12-26-20(25)17(23-18)11-14-7-9-16(21)10-8-14/h2-10,13,17-18,23H,11-12H2,1H3,(H,22,24)/t13-,17-,18-/m0/s1. The predicted octanol–water partition coefficient (Wildman–Crippen LogP) is 2.64. The van der Waals surface area contributed by atoms with E-state index < -0.39 is 12.1 Å². The van der Waals surface area contributed by atoms with Crippen LogP contribution in [-0.2, 0) is 20.7 Å². The Morgan fingerprint density at radius 1 is 1.23 bits per heavy atom. The third-order valence-corrected chi connectivity index (χ3v) is 4.66. The number of nitrogens with one attached hydrogen (secondary N) is 2. The molecular weight excluding hydrogens is 352 g/mol. The Labute approximate surface area is 157 Å². The smallest absolute Gasteiger partial charge is 0.323 e. The summed E-state index contributed by atoms with van der Waals surface area (Å²) in [5.74, 6) is -0.532. The van der Waals surface area contributed by atoms with Gasteiger partial charge in [0.2, 0.25) is 5.91 Å². The number of ether oxygens (including phenoxy) is 1. The molecule has 0 aliphatic carbocycles. The minimum absolute atomic E-state index is 0.0310. The zero-order valence-corrected chi connectivity index (χ0v) is 15.2. The first-order chi connectivity index (χ1) is 12.5. The maximum Gasteiger partial charge on any atom is 0.323 e. The van der Waals surface area contributed by atoms with Crippen LogP contribution in [0.25, 0.3) is 0 Å². The fourth-order valence-corrected chi connectivity index (χ4v) is 3.04. The largest absolute Gasteiger partial charge is 0.462 e. The highest BCUT2D eigenvalue weighted by molar-refractivity contribution is 6.30. The van der Waals surface area contributed by atoms with Gasteiger partial charge in [0.15, 0.2) is 0 Å². The van der Waals surface area contributed by atoms with Gasteiger partial charge >= 0.3 is 5.97 Å². The lowest BCUT2D eigenvalue weighted by Gasteiger charge is -2.30. The van der Waals surface area contributed by atoms with E-state index in [4.69, 9.17) is 16.3 Å². The summed E-state index contributed by atoms with van der Waals surface area (Å²) in [7, 11) is 0. The molecule has 0 radical (unpaired) electrons. The van der Waals surface area contributed by atoms with Gasteiger partial charge in [-0.05, 0) is 36.6 Å². The molecule has 6 heteroatoms. The average Bonchev–Trinajstić information content (AvgIpc) is 2.66. The fourth-order valence-electron chi connectivity index (χ4n) is 2.91. The van der Waals surface area contributed by atoms with E-state index in [0.717, 1.165) is 11.1 Å². The number of rotatable bonds is 5. The number of hydrogen-bond acceptors (Lipinski definition) is 4. The van der Waals surface area contributed by atoms with Crippen molar-refractivity contribution in [1.29, 1.82) is 0 Å². The quantitative estimate of drug-likeness (QED) is 0.792. The number of morpholine rings is 1. The summed E-state index contributed by atoms with van der Waals surface area (Å²) in [6, 6.07) is 15.7. The van der Waals surface area contributed by atoms with Crippen molar-refractivity contribution < 1.29 is 14.3 Å². The van der Waals surface area contributed by atoms with E-state index >= 15 is 0 Å². The molecule has 1 saturated heterocycles. The molecule has 0 saturated carbocycles. The van der Waals surface area contributed by atoms with Gasteiger partial charge in [0.05, 0.1) is 6.04 Å². The summed E-state index contributed by atoms with van der Waals surface area (Å²) in [4.78, 5) is 24.6. The lowest BCUT2D eigenvalue weighted by atomic mass is 10.0. The van der Waals surface area contributed by atoms with Gasteiger partial charge in [0.1, 0.15) is 18.7 Å². The Balaban J connectivity index is 1.60. The van der Waals surface area contributed by atoms with Gasteiger partial charge in [-0.2, -0.15) is 0 Å². The Morgan fingerprint density at radius 2 is 1.92 bits per heavy atom. The molecule has 0 bridgehead atoms. The van der Waals surface area contributed by atoms with E-state index in [1.165, 1.54) is 0 Å². The minimum Gasteiger partial charge on any atom is -0.462 e. The number of carbonyl (C=O) groups is 2. The van der Waals surface area contributed by atoms with E-state index in [1.54, 1.807) is 12.1 Å². The first kappa shape index (κ1) is 18.4. The van der Waals surface area contributed by atoms with Crippen LogP contribution in [0.3, 0.4) is 0 Å². The lowest BCUT2D eigenvalue weighted by molar-refractivity contribution is -0.153. The van der Waals surface area contributed by atoms with Gasteiger partial charge in [-0.25, -0.2) is 0 Å². The number of benzene rings is 2. The van der Waals surface area contributed by atoms with Crippen LogP contribution in [0.2, 0.25) is 5.02 Å². The second-order valence-electron chi connectivity index (χ2n) is 6.37. The van der Waals surface area contributed by atoms with Crippen LogP contribution in [-0.4, -0.2) is 30.6 Å². The Kier molecular flexibility index (Phi) is 5.91. The van der Waals surface area contributed by atoms with Crippen LogP contribution < -0.4 is 10.6 Å². The molecule has 26 heavy (non-hydrogen) atoms. The van der Waals surface area contributed by atoms with Crippen LogP contribution in [0.1, 0.15) is 24.1 Å². The van der Waals surface area contributed by atoms with Crippen molar-refractivity contribution >= 4 is 23.5 Å². The monoisotopic (exact) mass is 372 g/mol. The third-order valence-electron chi connectivity index (χ3n) is 4.41. The van der Waals surface area contributed by atoms with Crippen molar-refractivity contribution in [2.45, 2.75) is 31.5 Å². The Bertz CT molecular complexity index is 764. The number of esters is 1. The van der Waals surface area contributed by atoms with Crippen molar-refractivity contribution in [3.05, 3.63) is 70.7 Å². The molecule has 1 aliphatic rings. The molecule has 3 atom stereocenters. The van der Waals surface area contributed by atoms with E-state index in [0.29, 0.717) is 11.4 Å². The van der Waals surface area contributed by atoms with E-state index in [1.807, 2.05) is 49.4 Å². The lowest BCUT2D eigenvalue weighted by Crippen LogP contribution is -2.58. The first-order valence-electron chi connectivity index (χ1n) is 8.55. The number of hydrogen-bond donors (Lipinski definition) is 2. The van der Waals surface area contributed by atoms with E-state index in [2.05, 4.69) is 10.6 Å². The van der Waals surface area contributed by atoms with Crippen LogP contribution >= 0.6 is 11.6 Å². The molecule has 2 aromatic rings. The molecular formula is C20H21ClN2O3. The molecule has 1 amide bonds. The maximum atomic E-state index is 12.5. The second-order valence-corrected chi connectivity index (χ2v) is 6.81. The predicted molar refractivity (Wildman–Crippen MR) is 99.8 cm³/mol. The minimum atomic E-state index is -0.573. The van der Waals surface area contributed by atoms with Gasteiger partial charge < -0.3 is 10.1 Å². The summed E-state index contributed by atoms with van der Waals surface area (Å²) in [5, 5.41) is 6.70. The first-order valence-corrected chi connectivity index (χ1v) is 8.93. The van der Waals surface area contributed by atoms with Gasteiger partial charge in [0.25, 0.3) is 0 Å². The molecule has 2 N–H and O–H groups in total. The fraction of sp³-hybridized carbons (Fsp3) is 0.300. The van der Waals surface area contributed by atoms with Crippen molar-refractivity contribution in [2.75, 3.05) is 6.61 Å². The second kappa shape index (κ2) is 8.34. The SMILES string of the molecule is C[C@H](NC(=O)[C@@H]1COC(=O)[C@H](Cc2ccc(Cl)cc2)N1)c1ccccc1. The number of cyclic esters (lactones) is 1. The van der Waals surface area contributed by atoms with Crippen LogP contribution in [0.5, 0.6) is 0 Å². The number of halogens is 1. The topological polar surface area (TPSA) is 67.4 Å². The summed E-state index contributed by atoms with van der Waals surface area (Å²) in [6.07, 6.45) is 0.439. The number of amides is 1. The van der Waals surface area contributed by atoms with E-state index in [-0.39, 0.29) is 24.5 Å². The molecule has 0 unspecified atom stereocenters. The molecule has 0 spiro atoms. The van der Waals surface area contributed by atoms with Crippen LogP contribution in [0, 0.1) is 0 Å². The summed E-state index contributed by atoms with van der Waals surface area (Å²) >= 11 is 5.89. The van der Waals surface area contributed by atoms with Crippen molar-refractivity contribution in [1.82, 2.24) is 10.6 Å². The normalized spacial score (nSPS) is 20.9. The highest BCUT2D eigenvalue weighted by atomic mass is 35.5. The average molecular weight is 373 g/mol. The van der Waals surface area contributed by atoms with E-state index in [9.17, 15) is 9.59 Å². The molecule has 3 rings (SSSR count). The third kappa shape index (κ3) is 4.62. The summed E-state index contributed by atoms with van der Waals surface area (Å²) in [5.41, 5.74) is 1.97.